The fourth-order valence-electron chi connectivity index (χ4n) is 1.78. The van der Waals surface area contributed by atoms with Gasteiger partial charge >= 0.3 is 0 Å². The maximum absolute atomic E-state index is 12.3. The molecular formula is C14H8ClNO2S2. The van der Waals surface area contributed by atoms with Gasteiger partial charge in [-0.1, -0.05) is 17.7 Å². The molecule has 2 aromatic rings. The van der Waals surface area contributed by atoms with Crippen molar-refractivity contribution in [1.82, 2.24) is 0 Å². The van der Waals surface area contributed by atoms with Crippen molar-refractivity contribution in [1.29, 1.82) is 0 Å². The Balaban J connectivity index is 1.93. The molecule has 0 N–H and O–H groups in total. The van der Waals surface area contributed by atoms with Gasteiger partial charge in [-0.05, 0) is 53.5 Å². The third-order valence-electron chi connectivity index (χ3n) is 2.70. The van der Waals surface area contributed by atoms with Crippen LogP contribution < -0.4 is 4.90 Å². The lowest BCUT2D eigenvalue weighted by molar-refractivity contribution is -0.113. The molecule has 0 saturated carbocycles. The Hall–Kier alpha value is -1.56. The van der Waals surface area contributed by atoms with Crippen molar-refractivity contribution in [2.24, 2.45) is 0 Å². The van der Waals surface area contributed by atoms with Crippen molar-refractivity contribution in [2.45, 2.75) is 0 Å². The minimum absolute atomic E-state index is 0.292. The molecule has 0 radical (unpaired) electrons. The van der Waals surface area contributed by atoms with Crippen LogP contribution in [0.4, 0.5) is 10.5 Å². The van der Waals surface area contributed by atoms with Crippen molar-refractivity contribution < 1.29 is 9.59 Å². The second kappa shape index (κ2) is 5.44. The van der Waals surface area contributed by atoms with Crippen molar-refractivity contribution in [3.8, 4) is 0 Å². The Bertz CT molecular complexity index is 692. The Labute approximate surface area is 128 Å². The number of benzene rings is 1. The average molecular weight is 322 g/mol. The molecule has 3 rings (SSSR count). The largest absolute Gasteiger partial charge is 0.298 e. The van der Waals surface area contributed by atoms with E-state index < -0.39 is 0 Å². The van der Waals surface area contributed by atoms with Crippen LogP contribution in [0.2, 0.25) is 5.02 Å². The Morgan fingerprint density at radius 2 is 1.85 bits per heavy atom. The Kier molecular flexibility index (Phi) is 3.65. The van der Waals surface area contributed by atoms with E-state index in [1.54, 1.807) is 30.3 Å². The lowest BCUT2D eigenvalue weighted by Crippen LogP contribution is -2.27. The summed E-state index contributed by atoms with van der Waals surface area (Å²) >= 11 is 8.29. The van der Waals surface area contributed by atoms with Crippen LogP contribution in [0.3, 0.4) is 0 Å². The molecule has 2 amide bonds. The summed E-state index contributed by atoms with van der Waals surface area (Å²) in [4.78, 5) is 26.9. The maximum Gasteiger partial charge on any atom is 0.298 e. The van der Waals surface area contributed by atoms with Crippen LogP contribution in [0, 0.1) is 0 Å². The third kappa shape index (κ3) is 2.52. The van der Waals surface area contributed by atoms with Crippen molar-refractivity contribution >= 4 is 57.6 Å². The van der Waals surface area contributed by atoms with E-state index in [9.17, 15) is 9.59 Å². The Morgan fingerprint density at radius 1 is 1.10 bits per heavy atom. The molecule has 0 unspecified atom stereocenters. The van der Waals surface area contributed by atoms with Crippen LogP contribution in [-0.2, 0) is 4.79 Å². The summed E-state index contributed by atoms with van der Waals surface area (Å²) in [6, 6.07) is 10.4. The molecule has 20 heavy (non-hydrogen) atoms. The van der Waals surface area contributed by atoms with E-state index in [0.717, 1.165) is 16.6 Å². The van der Waals surface area contributed by atoms with Gasteiger partial charge < -0.3 is 0 Å². The van der Waals surface area contributed by atoms with Crippen LogP contribution in [0.25, 0.3) is 6.08 Å². The minimum atomic E-state index is -0.296. The summed E-state index contributed by atoms with van der Waals surface area (Å²) in [6.07, 6.45) is 1.74. The zero-order valence-electron chi connectivity index (χ0n) is 10.1. The van der Waals surface area contributed by atoms with Gasteiger partial charge in [0.05, 0.1) is 10.6 Å². The number of nitrogens with zero attached hydrogens (tertiary/aromatic N) is 1. The highest BCUT2D eigenvalue weighted by molar-refractivity contribution is 8.19. The van der Waals surface area contributed by atoms with E-state index in [4.69, 9.17) is 11.6 Å². The van der Waals surface area contributed by atoms with E-state index in [0.29, 0.717) is 15.6 Å². The number of anilines is 1. The molecule has 1 saturated heterocycles. The highest BCUT2D eigenvalue weighted by atomic mass is 35.5. The molecule has 0 spiro atoms. The molecular weight excluding hydrogens is 314 g/mol. The van der Waals surface area contributed by atoms with Gasteiger partial charge in [0.2, 0.25) is 0 Å². The number of carbonyl (C=O) groups is 2. The lowest BCUT2D eigenvalue weighted by Gasteiger charge is -2.11. The topological polar surface area (TPSA) is 37.4 Å². The number of halogens is 1. The molecule has 1 aliphatic heterocycles. The van der Waals surface area contributed by atoms with Crippen LogP contribution in [0.1, 0.15) is 4.88 Å². The average Bonchev–Trinajstić information content (AvgIpc) is 3.02. The predicted octanol–water partition coefficient (Wildman–Crippen LogP) is 4.64. The Morgan fingerprint density at radius 3 is 2.50 bits per heavy atom. The molecule has 1 aliphatic rings. The van der Waals surface area contributed by atoms with Crippen LogP contribution in [0.5, 0.6) is 0 Å². The van der Waals surface area contributed by atoms with Gasteiger partial charge in [-0.15, -0.1) is 11.3 Å². The van der Waals surface area contributed by atoms with Crippen molar-refractivity contribution in [3.05, 3.63) is 56.6 Å². The molecule has 1 aromatic carbocycles. The first kappa shape index (κ1) is 13.4. The van der Waals surface area contributed by atoms with E-state index in [1.807, 2.05) is 17.5 Å². The normalized spacial score (nSPS) is 17.2. The number of thiophene rings is 1. The van der Waals surface area contributed by atoms with Gasteiger partial charge in [-0.3, -0.25) is 9.59 Å². The summed E-state index contributed by atoms with van der Waals surface area (Å²) in [5.74, 6) is -0.296. The van der Waals surface area contributed by atoms with Gasteiger partial charge in [0.15, 0.2) is 0 Å². The highest BCUT2D eigenvalue weighted by Crippen LogP contribution is 2.36. The monoisotopic (exact) mass is 321 g/mol. The summed E-state index contributed by atoms with van der Waals surface area (Å²) < 4.78 is 0. The van der Waals surface area contributed by atoms with Gasteiger partial charge in [0.1, 0.15) is 0 Å². The number of carbonyl (C=O) groups excluding carboxylic acids is 2. The highest BCUT2D eigenvalue weighted by Gasteiger charge is 2.36. The van der Waals surface area contributed by atoms with Crippen LogP contribution in [-0.4, -0.2) is 11.1 Å². The number of thioether (sulfide) groups is 1. The molecule has 3 nitrogen and oxygen atoms in total. The van der Waals surface area contributed by atoms with Gasteiger partial charge in [0, 0.05) is 9.90 Å². The number of rotatable bonds is 2. The van der Waals surface area contributed by atoms with E-state index in [2.05, 4.69) is 0 Å². The molecule has 1 fully saturated rings. The van der Waals surface area contributed by atoms with Crippen molar-refractivity contribution in [3.63, 3.8) is 0 Å². The summed E-state index contributed by atoms with van der Waals surface area (Å²) in [7, 11) is 0. The zero-order chi connectivity index (χ0) is 14.1. The summed E-state index contributed by atoms with van der Waals surface area (Å²) in [6.45, 7) is 0. The maximum atomic E-state index is 12.3. The fourth-order valence-corrected chi connectivity index (χ4v) is 3.47. The van der Waals surface area contributed by atoms with Crippen molar-refractivity contribution in [2.75, 3.05) is 4.90 Å². The van der Waals surface area contributed by atoms with E-state index in [1.165, 1.54) is 16.2 Å². The molecule has 1 aromatic heterocycles. The molecule has 100 valence electrons. The zero-order valence-corrected chi connectivity index (χ0v) is 12.5. The third-order valence-corrected chi connectivity index (χ3v) is 4.64. The molecule has 2 heterocycles. The smallest absolute Gasteiger partial charge is 0.268 e. The molecule has 0 bridgehead atoms. The van der Waals surface area contributed by atoms with Gasteiger partial charge in [-0.25, -0.2) is 4.90 Å². The number of hydrogen-bond acceptors (Lipinski definition) is 4. The summed E-state index contributed by atoms with van der Waals surface area (Å²) in [5.41, 5.74) is 0.534. The van der Waals surface area contributed by atoms with Gasteiger partial charge in [0.25, 0.3) is 11.1 Å². The first-order valence-corrected chi connectivity index (χ1v) is 7.79. The minimum Gasteiger partial charge on any atom is -0.268 e. The number of hydrogen-bond donors (Lipinski definition) is 0. The van der Waals surface area contributed by atoms with E-state index in [-0.39, 0.29) is 11.1 Å². The predicted molar refractivity (Wildman–Crippen MR) is 84.2 cm³/mol. The number of imide groups is 1. The SMILES string of the molecule is O=C1S/C(=C/c2cccs2)C(=O)N1c1ccc(Cl)cc1. The van der Waals surface area contributed by atoms with Crippen LogP contribution in [0.15, 0.2) is 46.7 Å². The number of amides is 2. The van der Waals surface area contributed by atoms with Crippen LogP contribution >= 0.6 is 34.7 Å². The molecule has 0 atom stereocenters. The summed E-state index contributed by atoms with van der Waals surface area (Å²) in [5, 5.41) is 2.20. The molecule has 6 heteroatoms. The fraction of sp³-hybridized carbons (Fsp3) is 0. The lowest BCUT2D eigenvalue weighted by atomic mass is 10.3. The second-order valence-corrected chi connectivity index (χ2v) is 6.42. The van der Waals surface area contributed by atoms with Gasteiger partial charge in [-0.2, -0.15) is 0 Å². The molecule has 0 aliphatic carbocycles. The second-order valence-electron chi connectivity index (χ2n) is 4.01. The standard InChI is InChI=1S/C14H8ClNO2S2/c15-9-3-5-10(6-4-9)16-13(17)12(20-14(16)18)8-11-2-1-7-19-11/h1-8H/b12-8+. The quantitative estimate of drug-likeness (QED) is 0.756. The van der Waals surface area contributed by atoms with E-state index >= 15 is 0 Å². The first-order valence-electron chi connectivity index (χ1n) is 5.72. The first-order chi connectivity index (χ1) is 9.65.